The Hall–Kier alpha value is -4.18. The first-order valence-electron chi connectivity index (χ1n) is 11.4. The third-order valence-corrected chi connectivity index (χ3v) is 5.47. The van der Waals surface area contributed by atoms with Gasteiger partial charge in [0.15, 0.2) is 0 Å². The number of nitrogens with zero attached hydrogens (tertiary/aromatic N) is 3. The van der Waals surface area contributed by atoms with Crippen molar-refractivity contribution < 1.29 is 15.3 Å². The minimum Gasteiger partial charge on any atom is -0.871 e. The van der Waals surface area contributed by atoms with E-state index in [4.69, 9.17) is 0 Å². The molecule has 0 saturated carbocycles. The quantitative estimate of drug-likeness (QED) is 0.284. The number of benzene rings is 3. The molecule has 6 nitrogen and oxygen atoms in total. The van der Waals surface area contributed by atoms with Gasteiger partial charge in [-0.3, -0.25) is 15.0 Å². The van der Waals surface area contributed by atoms with E-state index in [9.17, 15) is 15.3 Å². The Kier molecular flexibility index (Phi) is 9.02. The van der Waals surface area contributed by atoms with E-state index in [2.05, 4.69) is 15.0 Å². The summed E-state index contributed by atoms with van der Waals surface area (Å²) in [5.74, 6) is -0.0106. The molecule has 0 spiro atoms. The molecule has 0 atom stereocenters. The Morgan fingerprint density at radius 2 is 0.676 bits per heavy atom. The fourth-order valence-corrected chi connectivity index (χ4v) is 3.65. The van der Waals surface area contributed by atoms with Crippen LogP contribution >= 0.6 is 0 Å². The van der Waals surface area contributed by atoms with Crippen LogP contribution in [0.2, 0.25) is 0 Å². The molecule has 0 aliphatic heterocycles. The van der Waals surface area contributed by atoms with E-state index in [1.54, 1.807) is 18.2 Å². The summed E-state index contributed by atoms with van der Waals surface area (Å²) < 4.78 is 0. The molecule has 3 heterocycles. The number of hydrogen-bond donors (Lipinski definition) is 0. The molecular formula is C30H24AlN3O3. The van der Waals surface area contributed by atoms with Crippen molar-refractivity contribution in [3.8, 4) is 17.2 Å². The molecule has 0 fully saturated rings. The minimum atomic E-state index is -0.00352. The molecule has 0 amide bonds. The zero-order valence-corrected chi connectivity index (χ0v) is 22.0. The number of fused-ring (bicyclic) bond motifs is 3. The molecule has 0 aliphatic carbocycles. The molecule has 180 valence electrons. The third kappa shape index (κ3) is 6.74. The predicted molar refractivity (Wildman–Crippen MR) is 144 cm³/mol. The van der Waals surface area contributed by atoms with Crippen molar-refractivity contribution >= 4 is 50.1 Å². The summed E-state index contributed by atoms with van der Waals surface area (Å²) in [6, 6.07) is 27.0. The van der Waals surface area contributed by atoms with Gasteiger partial charge in [-0.2, -0.15) is 0 Å². The number of aryl methyl sites for hydroxylation is 3. The van der Waals surface area contributed by atoms with Crippen LogP contribution in [-0.2, 0) is 0 Å². The van der Waals surface area contributed by atoms with Gasteiger partial charge < -0.3 is 15.3 Å². The van der Waals surface area contributed by atoms with Crippen LogP contribution in [0.15, 0.2) is 91.0 Å². The van der Waals surface area contributed by atoms with E-state index in [1.807, 2.05) is 75.4 Å². The first-order valence-corrected chi connectivity index (χ1v) is 11.4. The molecular weight excluding hydrogens is 477 g/mol. The molecule has 0 N–H and O–H groups in total. The minimum absolute atomic E-state index is 0. The van der Waals surface area contributed by atoms with Crippen molar-refractivity contribution in [1.82, 2.24) is 15.0 Å². The standard InChI is InChI=1S/3C10H9NO.Al/c3*1-7-5-6-8-3-2-4-9(12)10(8)11-7;/h3*2-6,12H,1H3;/q;;;+3/p-3. The van der Waals surface area contributed by atoms with Gasteiger partial charge in [-0.25, -0.2) is 0 Å². The van der Waals surface area contributed by atoms with Crippen molar-refractivity contribution in [3.63, 3.8) is 0 Å². The summed E-state index contributed by atoms with van der Waals surface area (Å²) in [5.41, 5.74) is 4.34. The fourth-order valence-electron chi connectivity index (χ4n) is 3.65. The molecule has 6 aromatic rings. The van der Waals surface area contributed by atoms with Gasteiger partial charge in [0.1, 0.15) is 0 Å². The maximum atomic E-state index is 11.3. The molecule has 0 saturated heterocycles. The normalized spacial score (nSPS) is 10.1. The van der Waals surface area contributed by atoms with E-state index in [0.717, 1.165) is 33.2 Å². The van der Waals surface area contributed by atoms with E-state index in [1.165, 1.54) is 18.2 Å². The Morgan fingerprint density at radius 1 is 0.405 bits per heavy atom. The number of aromatic nitrogens is 3. The van der Waals surface area contributed by atoms with E-state index in [0.29, 0.717) is 16.6 Å². The van der Waals surface area contributed by atoms with Crippen molar-refractivity contribution in [3.05, 3.63) is 108 Å². The van der Waals surface area contributed by atoms with Gasteiger partial charge in [0.05, 0.1) is 16.6 Å². The van der Waals surface area contributed by atoms with Gasteiger partial charge in [0.25, 0.3) is 0 Å². The Morgan fingerprint density at radius 3 is 0.946 bits per heavy atom. The zero-order valence-electron chi connectivity index (χ0n) is 20.8. The second-order valence-corrected chi connectivity index (χ2v) is 8.34. The first kappa shape index (κ1) is 27.4. The third-order valence-electron chi connectivity index (χ3n) is 5.47. The second kappa shape index (κ2) is 12.2. The molecule has 3 aromatic heterocycles. The van der Waals surface area contributed by atoms with Crippen molar-refractivity contribution in [2.24, 2.45) is 0 Å². The summed E-state index contributed by atoms with van der Waals surface area (Å²) in [5, 5.41) is 36.5. The predicted octanol–water partition coefficient (Wildman–Crippen LogP) is 4.47. The van der Waals surface area contributed by atoms with Crippen LogP contribution in [0.4, 0.5) is 0 Å². The average Bonchev–Trinajstić information content (AvgIpc) is 2.87. The van der Waals surface area contributed by atoms with Crippen LogP contribution in [0, 0.1) is 20.8 Å². The molecule has 7 heteroatoms. The summed E-state index contributed by atoms with van der Waals surface area (Å²) in [4.78, 5) is 12.5. The van der Waals surface area contributed by atoms with Gasteiger partial charge in [0.2, 0.25) is 0 Å². The molecule has 0 aliphatic rings. The summed E-state index contributed by atoms with van der Waals surface area (Å²) in [6.07, 6.45) is 0. The average molecular weight is 502 g/mol. The molecule has 0 unspecified atom stereocenters. The fraction of sp³-hybridized carbons (Fsp3) is 0.100. The van der Waals surface area contributed by atoms with Gasteiger partial charge in [-0.1, -0.05) is 90.0 Å². The zero-order chi connectivity index (χ0) is 25.7. The molecule has 6 rings (SSSR count). The van der Waals surface area contributed by atoms with Crippen LogP contribution in [0.25, 0.3) is 32.7 Å². The smallest absolute Gasteiger partial charge is 0.871 e. The monoisotopic (exact) mass is 501 g/mol. The number of para-hydroxylation sites is 3. The van der Waals surface area contributed by atoms with Crippen LogP contribution < -0.4 is 15.3 Å². The SMILES string of the molecule is Cc1ccc2cccc([O-])c2n1.Cc1ccc2cccc([O-])c2n1.Cc1ccc2cccc([O-])c2n1.[Al+3]. The van der Waals surface area contributed by atoms with E-state index in [-0.39, 0.29) is 34.6 Å². The van der Waals surface area contributed by atoms with Crippen LogP contribution in [0.3, 0.4) is 0 Å². The van der Waals surface area contributed by atoms with Crippen molar-refractivity contribution in [1.29, 1.82) is 0 Å². The molecule has 0 radical (unpaired) electrons. The Labute approximate surface area is 226 Å². The Balaban J connectivity index is 0.000000152. The summed E-state index contributed by atoms with van der Waals surface area (Å²) in [6.45, 7) is 5.64. The topological polar surface area (TPSA) is 108 Å². The summed E-state index contributed by atoms with van der Waals surface area (Å²) >= 11 is 0. The maximum Gasteiger partial charge on any atom is 3.00 e. The summed E-state index contributed by atoms with van der Waals surface area (Å²) in [7, 11) is 0. The van der Waals surface area contributed by atoms with Crippen LogP contribution in [0.1, 0.15) is 17.1 Å². The van der Waals surface area contributed by atoms with Crippen molar-refractivity contribution in [2.45, 2.75) is 20.8 Å². The van der Waals surface area contributed by atoms with Gasteiger partial charge in [-0.05, 0) is 55.1 Å². The molecule has 3 aromatic carbocycles. The van der Waals surface area contributed by atoms with Gasteiger partial charge in [-0.15, -0.1) is 0 Å². The number of pyridine rings is 3. The van der Waals surface area contributed by atoms with E-state index >= 15 is 0 Å². The van der Waals surface area contributed by atoms with Gasteiger partial charge in [0, 0.05) is 17.1 Å². The van der Waals surface area contributed by atoms with Crippen LogP contribution in [-0.4, -0.2) is 32.3 Å². The number of rotatable bonds is 0. The maximum absolute atomic E-state index is 11.3. The first-order chi connectivity index (χ1) is 17.3. The molecule has 0 bridgehead atoms. The van der Waals surface area contributed by atoms with Crippen LogP contribution in [0.5, 0.6) is 17.2 Å². The molecule has 37 heavy (non-hydrogen) atoms. The number of hydrogen-bond acceptors (Lipinski definition) is 6. The van der Waals surface area contributed by atoms with E-state index < -0.39 is 0 Å². The second-order valence-electron chi connectivity index (χ2n) is 8.34. The van der Waals surface area contributed by atoms with Gasteiger partial charge >= 0.3 is 17.4 Å². The van der Waals surface area contributed by atoms with Crippen molar-refractivity contribution in [2.75, 3.05) is 0 Å². The Bertz CT molecular complexity index is 1470. The largest absolute Gasteiger partial charge is 3.00 e.